The molecular formula is C14H20O3S. The Kier molecular flexibility index (Phi) is 4.40. The fourth-order valence-electron chi connectivity index (χ4n) is 2.60. The van der Waals surface area contributed by atoms with Gasteiger partial charge in [-0.1, -0.05) is 37.5 Å². The van der Waals surface area contributed by atoms with E-state index in [1.54, 1.807) is 30.3 Å². The van der Waals surface area contributed by atoms with Gasteiger partial charge in [0.25, 0.3) is 0 Å². The van der Waals surface area contributed by atoms with Gasteiger partial charge in [-0.25, -0.2) is 8.42 Å². The average Bonchev–Trinajstić information content (AvgIpc) is 2.40. The van der Waals surface area contributed by atoms with Gasteiger partial charge in [0.15, 0.2) is 9.84 Å². The molecule has 1 aromatic rings. The molecule has 4 heteroatoms. The fourth-order valence-corrected chi connectivity index (χ4v) is 4.09. The summed E-state index contributed by atoms with van der Waals surface area (Å²) in [5.41, 5.74) is 0. The van der Waals surface area contributed by atoms with Gasteiger partial charge in [0.05, 0.1) is 16.8 Å². The Morgan fingerprint density at radius 2 is 1.72 bits per heavy atom. The summed E-state index contributed by atoms with van der Waals surface area (Å²) in [6.07, 6.45) is 4.58. The Hall–Kier alpha value is -0.870. The Bertz CT molecular complexity index is 461. The molecule has 0 radical (unpaired) electrons. The molecule has 1 aliphatic carbocycles. The molecule has 2 rings (SSSR count). The van der Waals surface area contributed by atoms with Gasteiger partial charge in [-0.2, -0.15) is 0 Å². The summed E-state index contributed by atoms with van der Waals surface area (Å²) in [6, 6.07) is 8.38. The number of sulfone groups is 1. The summed E-state index contributed by atoms with van der Waals surface area (Å²) >= 11 is 0. The van der Waals surface area contributed by atoms with E-state index in [1.807, 2.05) is 0 Å². The highest BCUT2D eigenvalue weighted by molar-refractivity contribution is 7.91. The molecule has 1 unspecified atom stereocenters. The summed E-state index contributed by atoms with van der Waals surface area (Å²) in [5.74, 6) is -0.000891. The van der Waals surface area contributed by atoms with Crippen LogP contribution in [0, 0.1) is 5.92 Å². The van der Waals surface area contributed by atoms with Crippen LogP contribution in [0.15, 0.2) is 35.2 Å². The molecule has 1 aliphatic rings. The van der Waals surface area contributed by atoms with E-state index in [9.17, 15) is 13.5 Å². The quantitative estimate of drug-likeness (QED) is 0.912. The van der Waals surface area contributed by atoms with Crippen molar-refractivity contribution in [3.05, 3.63) is 30.3 Å². The average molecular weight is 268 g/mol. The van der Waals surface area contributed by atoms with E-state index in [0.717, 1.165) is 25.7 Å². The van der Waals surface area contributed by atoms with Crippen molar-refractivity contribution in [1.29, 1.82) is 0 Å². The van der Waals surface area contributed by atoms with Crippen LogP contribution in [0.25, 0.3) is 0 Å². The predicted octanol–water partition coefficient (Wildman–Crippen LogP) is 2.40. The molecule has 0 amide bonds. The summed E-state index contributed by atoms with van der Waals surface area (Å²) < 4.78 is 24.3. The molecule has 1 atom stereocenters. The first-order valence-electron chi connectivity index (χ1n) is 6.55. The van der Waals surface area contributed by atoms with E-state index in [0.29, 0.717) is 4.90 Å². The van der Waals surface area contributed by atoms with Crippen LogP contribution < -0.4 is 0 Å². The summed E-state index contributed by atoms with van der Waals surface area (Å²) in [4.78, 5) is 0.305. The maximum Gasteiger partial charge on any atom is 0.180 e. The van der Waals surface area contributed by atoms with Crippen molar-refractivity contribution in [3.8, 4) is 0 Å². The van der Waals surface area contributed by atoms with E-state index < -0.39 is 15.9 Å². The van der Waals surface area contributed by atoms with Crippen LogP contribution in [0.2, 0.25) is 0 Å². The SMILES string of the molecule is O=S(=O)(CC(O)C1CCCCC1)c1ccccc1. The van der Waals surface area contributed by atoms with Gasteiger partial charge in [0, 0.05) is 0 Å². The molecule has 0 spiro atoms. The maximum atomic E-state index is 12.1. The van der Waals surface area contributed by atoms with Crippen LogP contribution in [0.3, 0.4) is 0 Å². The zero-order valence-corrected chi connectivity index (χ0v) is 11.3. The lowest BCUT2D eigenvalue weighted by Crippen LogP contribution is -2.30. The van der Waals surface area contributed by atoms with Gasteiger partial charge < -0.3 is 5.11 Å². The van der Waals surface area contributed by atoms with Crippen LogP contribution in [0.1, 0.15) is 32.1 Å². The molecule has 18 heavy (non-hydrogen) atoms. The zero-order valence-electron chi connectivity index (χ0n) is 10.5. The second-order valence-electron chi connectivity index (χ2n) is 5.06. The molecule has 1 saturated carbocycles. The first kappa shape index (κ1) is 13.6. The second kappa shape index (κ2) is 5.85. The van der Waals surface area contributed by atoms with Crippen molar-refractivity contribution >= 4 is 9.84 Å². The van der Waals surface area contributed by atoms with Crippen LogP contribution in [-0.4, -0.2) is 25.4 Å². The maximum absolute atomic E-state index is 12.1. The van der Waals surface area contributed by atoms with Crippen LogP contribution >= 0.6 is 0 Å². The molecule has 0 aliphatic heterocycles. The number of aliphatic hydroxyl groups is 1. The van der Waals surface area contributed by atoms with Gasteiger partial charge >= 0.3 is 0 Å². The Labute approximate surface area is 109 Å². The first-order chi connectivity index (χ1) is 8.59. The standard InChI is InChI=1S/C14H20O3S/c15-14(12-7-3-1-4-8-12)11-18(16,17)13-9-5-2-6-10-13/h2,5-6,9-10,12,14-15H,1,3-4,7-8,11H2. The largest absolute Gasteiger partial charge is 0.392 e. The van der Waals surface area contributed by atoms with Gasteiger partial charge in [-0.15, -0.1) is 0 Å². The topological polar surface area (TPSA) is 54.4 Å². The molecule has 0 aromatic heterocycles. The molecule has 1 N–H and O–H groups in total. The van der Waals surface area contributed by atoms with E-state index in [1.165, 1.54) is 6.42 Å². The Morgan fingerprint density at radius 1 is 1.11 bits per heavy atom. The van der Waals surface area contributed by atoms with Gasteiger partial charge in [0.1, 0.15) is 0 Å². The third kappa shape index (κ3) is 3.33. The Morgan fingerprint density at radius 3 is 2.33 bits per heavy atom. The summed E-state index contributed by atoms with van der Waals surface area (Å²) in [7, 11) is -3.36. The normalized spacial score (nSPS) is 19.6. The minimum absolute atomic E-state index is 0.150. The highest BCUT2D eigenvalue weighted by Crippen LogP contribution is 2.27. The number of aliphatic hydroxyl groups excluding tert-OH is 1. The van der Waals surface area contributed by atoms with Crippen LogP contribution in [-0.2, 0) is 9.84 Å². The lowest BCUT2D eigenvalue weighted by Gasteiger charge is -2.26. The number of benzene rings is 1. The third-order valence-electron chi connectivity index (χ3n) is 3.69. The summed E-state index contributed by atoms with van der Waals surface area (Å²) in [5, 5.41) is 10.1. The van der Waals surface area contributed by atoms with Crippen molar-refractivity contribution in [2.75, 3.05) is 5.75 Å². The molecule has 3 nitrogen and oxygen atoms in total. The van der Waals surface area contributed by atoms with E-state index in [2.05, 4.69) is 0 Å². The van der Waals surface area contributed by atoms with Gasteiger partial charge in [0.2, 0.25) is 0 Å². The van der Waals surface area contributed by atoms with Crippen LogP contribution in [0.5, 0.6) is 0 Å². The van der Waals surface area contributed by atoms with E-state index in [-0.39, 0.29) is 11.7 Å². The first-order valence-corrected chi connectivity index (χ1v) is 8.21. The highest BCUT2D eigenvalue weighted by atomic mass is 32.2. The fraction of sp³-hybridized carbons (Fsp3) is 0.571. The number of rotatable bonds is 4. The monoisotopic (exact) mass is 268 g/mol. The number of hydrogen-bond donors (Lipinski definition) is 1. The molecule has 0 heterocycles. The minimum Gasteiger partial charge on any atom is -0.392 e. The third-order valence-corrected chi connectivity index (χ3v) is 5.46. The van der Waals surface area contributed by atoms with Crippen molar-refractivity contribution in [2.24, 2.45) is 5.92 Å². The lowest BCUT2D eigenvalue weighted by molar-refractivity contribution is 0.103. The van der Waals surface area contributed by atoms with Gasteiger partial charge in [-0.05, 0) is 30.9 Å². The van der Waals surface area contributed by atoms with Crippen molar-refractivity contribution in [3.63, 3.8) is 0 Å². The Balaban J connectivity index is 2.04. The molecule has 1 aromatic carbocycles. The molecule has 0 bridgehead atoms. The zero-order chi connectivity index (χ0) is 13.0. The van der Waals surface area contributed by atoms with Crippen molar-refractivity contribution in [1.82, 2.24) is 0 Å². The van der Waals surface area contributed by atoms with Crippen molar-refractivity contribution in [2.45, 2.75) is 43.1 Å². The highest BCUT2D eigenvalue weighted by Gasteiger charge is 2.27. The van der Waals surface area contributed by atoms with Gasteiger partial charge in [-0.3, -0.25) is 0 Å². The van der Waals surface area contributed by atoms with E-state index in [4.69, 9.17) is 0 Å². The van der Waals surface area contributed by atoms with Crippen LogP contribution in [0.4, 0.5) is 0 Å². The molecule has 100 valence electrons. The second-order valence-corrected chi connectivity index (χ2v) is 7.09. The predicted molar refractivity (Wildman–Crippen MR) is 71.1 cm³/mol. The lowest BCUT2D eigenvalue weighted by atomic mass is 9.86. The van der Waals surface area contributed by atoms with Crippen molar-refractivity contribution < 1.29 is 13.5 Å². The minimum atomic E-state index is -3.36. The molecule has 0 saturated heterocycles. The molecular weight excluding hydrogens is 248 g/mol. The van der Waals surface area contributed by atoms with E-state index >= 15 is 0 Å². The summed E-state index contributed by atoms with van der Waals surface area (Å²) in [6.45, 7) is 0. The molecule has 1 fully saturated rings. The smallest absolute Gasteiger partial charge is 0.180 e. The number of hydrogen-bond acceptors (Lipinski definition) is 3.